The van der Waals surface area contributed by atoms with Gasteiger partial charge in [-0.2, -0.15) is 0 Å². The second-order valence-corrected chi connectivity index (χ2v) is 4.10. The second-order valence-electron chi connectivity index (χ2n) is 4.10. The topological polar surface area (TPSA) is 17.1 Å². The number of hydrogen-bond acceptors (Lipinski definition) is 1. The van der Waals surface area contributed by atoms with Gasteiger partial charge in [0.05, 0.1) is 0 Å². The summed E-state index contributed by atoms with van der Waals surface area (Å²) in [6.45, 7) is 4.25. The number of allylic oxidation sites excluding steroid dienone is 2. The maximum atomic E-state index is 10.9. The van der Waals surface area contributed by atoms with Crippen LogP contribution in [0.15, 0.2) is 12.2 Å². The van der Waals surface area contributed by atoms with Gasteiger partial charge < -0.3 is 4.79 Å². The van der Waals surface area contributed by atoms with Crippen LogP contribution >= 0.6 is 0 Å². The first-order chi connectivity index (χ1) is 5.72. The number of rotatable bonds is 3. The van der Waals surface area contributed by atoms with E-state index in [2.05, 4.69) is 13.0 Å². The molecule has 0 aromatic carbocycles. The Bertz CT molecular complexity index is 183. The lowest BCUT2D eigenvalue weighted by molar-refractivity contribution is -0.115. The third-order valence-electron chi connectivity index (χ3n) is 2.90. The van der Waals surface area contributed by atoms with E-state index < -0.39 is 0 Å². The average Bonchev–Trinajstić information content (AvgIpc) is 2.45. The number of aldehydes is 1. The highest BCUT2D eigenvalue weighted by atomic mass is 16.1. The highest BCUT2D eigenvalue weighted by molar-refractivity contribution is 5.60. The summed E-state index contributed by atoms with van der Waals surface area (Å²) in [5.74, 6) is 0.737. The van der Waals surface area contributed by atoms with Crippen LogP contribution in [0.1, 0.15) is 39.5 Å². The summed E-state index contributed by atoms with van der Waals surface area (Å²) in [5.41, 5.74) is -0.00801. The molecular weight excluding hydrogens is 148 g/mol. The first kappa shape index (κ1) is 9.50. The normalized spacial score (nSPS) is 36.0. The van der Waals surface area contributed by atoms with Crippen LogP contribution in [-0.4, -0.2) is 6.29 Å². The third kappa shape index (κ3) is 1.96. The van der Waals surface area contributed by atoms with Crippen molar-refractivity contribution in [2.45, 2.75) is 39.5 Å². The van der Waals surface area contributed by atoms with E-state index in [0.29, 0.717) is 0 Å². The van der Waals surface area contributed by atoms with Crippen LogP contribution < -0.4 is 0 Å². The lowest BCUT2D eigenvalue weighted by Gasteiger charge is -2.19. The molecule has 0 spiro atoms. The summed E-state index contributed by atoms with van der Waals surface area (Å²) >= 11 is 0. The minimum absolute atomic E-state index is 0.00801. The molecule has 1 heteroatoms. The second kappa shape index (κ2) is 3.88. The molecule has 0 bridgehead atoms. The van der Waals surface area contributed by atoms with Crippen molar-refractivity contribution >= 4 is 6.29 Å². The lowest BCUT2D eigenvalue weighted by atomic mass is 9.83. The standard InChI is InChI=1S/C11H18O/c1-3-4-6-11(9-12)7-5-10(2)8-11/h3-4,9-10H,5-8H2,1-2H3/b4-3+. The van der Waals surface area contributed by atoms with E-state index in [0.717, 1.165) is 25.2 Å². The van der Waals surface area contributed by atoms with Crippen molar-refractivity contribution < 1.29 is 4.79 Å². The van der Waals surface area contributed by atoms with E-state index in [9.17, 15) is 4.79 Å². The van der Waals surface area contributed by atoms with Crippen LogP contribution in [0.3, 0.4) is 0 Å². The molecule has 1 aliphatic carbocycles. The van der Waals surface area contributed by atoms with Gasteiger partial charge in [0.15, 0.2) is 0 Å². The van der Waals surface area contributed by atoms with E-state index in [4.69, 9.17) is 0 Å². The molecule has 2 atom stereocenters. The van der Waals surface area contributed by atoms with Crippen LogP contribution in [0, 0.1) is 11.3 Å². The molecule has 0 aliphatic heterocycles. The van der Waals surface area contributed by atoms with Crippen LogP contribution in [-0.2, 0) is 4.79 Å². The largest absolute Gasteiger partial charge is 0.303 e. The molecule has 12 heavy (non-hydrogen) atoms. The SMILES string of the molecule is C/C=C/CC1(C=O)CCC(C)C1. The molecule has 0 aromatic heterocycles. The van der Waals surface area contributed by atoms with Crippen LogP contribution in [0.5, 0.6) is 0 Å². The number of hydrogen-bond donors (Lipinski definition) is 0. The molecule has 0 saturated heterocycles. The van der Waals surface area contributed by atoms with E-state index in [1.807, 2.05) is 13.0 Å². The Morgan fingerprint density at radius 1 is 1.58 bits per heavy atom. The lowest BCUT2D eigenvalue weighted by Crippen LogP contribution is -2.17. The fourth-order valence-corrected chi connectivity index (χ4v) is 2.13. The van der Waals surface area contributed by atoms with Gasteiger partial charge in [0.2, 0.25) is 0 Å². The van der Waals surface area contributed by atoms with Crippen molar-refractivity contribution in [2.75, 3.05) is 0 Å². The predicted molar refractivity (Wildman–Crippen MR) is 50.9 cm³/mol. The highest BCUT2D eigenvalue weighted by Crippen LogP contribution is 2.42. The molecule has 1 rings (SSSR count). The van der Waals surface area contributed by atoms with Crippen molar-refractivity contribution in [1.29, 1.82) is 0 Å². The minimum atomic E-state index is -0.00801. The van der Waals surface area contributed by atoms with Crippen molar-refractivity contribution in [2.24, 2.45) is 11.3 Å². The van der Waals surface area contributed by atoms with E-state index >= 15 is 0 Å². The quantitative estimate of drug-likeness (QED) is 0.465. The van der Waals surface area contributed by atoms with Gasteiger partial charge in [-0.05, 0) is 38.5 Å². The zero-order valence-electron chi connectivity index (χ0n) is 8.05. The van der Waals surface area contributed by atoms with Gasteiger partial charge >= 0.3 is 0 Å². The molecule has 1 aliphatic rings. The maximum absolute atomic E-state index is 10.9. The van der Waals surface area contributed by atoms with Crippen LogP contribution in [0.25, 0.3) is 0 Å². The zero-order valence-corrected chi connectivity index (χ0v) is 8.05. The average molecular weight is 166 g/mol. The molecule has 1 saturated carbocycles. The van der Waals surface area contributed by atoms with Crippen LogP contribution in [0.4, 0.5) is 0 Å². The molecule has 0 N–H and O–H groups in total. The van der Waals surface area contributed by atoms with Gasteiger partial charge in [-0.25, -0.2) is 0 Å². The Balaban J connectivity index is 2.57. The van der Waals surface area contributed by atoms with Crippen molar-refractivity contribution in [3.05, 3.63) is 12.2 Å². The molecule has 0 amide bonds. The van der Waals surface area contributed by atoms with Crippen molar-refractivity contribution in [3.8, 4) is 0 Å². The molecule has 0 heterocycles. The monoisotopic (exact) mass is 166 g/mol. The minimum Gasteiger partial charge on any atom is -0.303 e. The summed E-state index contributed by atoms with van der Waals surface area (Å²) in [6, 6.07) is 0. The Kier molecular flexibility index (Phi) is 3.07. The fraction of sp³-hybridized carbons (Fsp3) is 0.727. The zero-order chi connectivity index (χ0) is 9.03. The van der Waals surface area contributed by atoms with E-state index in [1.165, 1.54) is 12.7 Å². The number of carbonyl (C=O) groups excluding carboxylic acids is 1. The first-order valence-electron chi connectivity index (χ1n) is 4.80. The third-order valence-corrected chi connectivity index (χ3v) is 2.90. The molecule has 2 unspecified atom stereocenters. The van der Waals surface area contributed by atoms with E-state index in [1.54, 1.807) is 0 Å². The van der Waals surface area contributed by atoms with Gasteiger partial charge in [0, 0.05) is 5.41 Å². The van der Waals surface area contributed by atoms with Gasteiger partial charge in [0.1, 0.15) is 6.29 Å². The van der Waals surface area contributed by atoms with E-state index in [-0.39, 0.29) is 5.41 Å². The first-order valence-corrected chi connectivity index (χ1v) is 4.80. The molecular formula is C11H18O. The Hall–Kier alpha value is -0.590. The molecule has 1 nitrogen and oxygen atoms in total. The predicted octanol–water partition coefficient (Wildman–Crippen LogP) is 2.96. The maximum Gasteiger partial charge on any atom is 0.126 e. The molecule has 0 aromatic rings. The number of carbonyl (C=O) groups is 1. The van der Waals surface area contributed by atoms with Gasteiger partial charge in [0.25, 0.3) is 0 Å². The Morgan fingerprint density at radius 3 is 2.75 bits per heavy atom. The smallest absolute Gasteiger partial charge is 0.126 e. The summed E-state index contributed by atoms with van der Waals surface area (Å²) in [6.07, 6.45) is 9.66. The van der Waals surface area contributed by atoms with Gasteiger partial charge in [-0.15, -0.1) is 0 Å². The van der Waals surface area contributed by atoms with Gasteiger partial charge in [-0.3, -0.25) is 0 Å². The summed E-state index contributed by atoms with van der Waals surface area (Å²) in [4.78, 5) is 10.9. The molecule has 1 fully saturated rings. The van der Waals surface area contributed by atoms with Crippen LogP contribution in [0.2, 0.25) is 0 Å². The summed E-state index contributed by atoms with van der Waals surface area (Å²) in [5, 5.41) is 0. The highest BCUT2D eigenvalue weighted by Gasteiger charge is 2.35. The van der Waals surface area contributed by atoms with Crippen molar-refractivity contribution in [3.63, 3.8) is 0 Å². The molecule has 0 radical (unpaired) electrons. The Morgan fingerprint density at radius 2 is 2.33 bits per heavy atom. The summed E-state index contributed by atoms with van der Waals surface area (Å²) < 4.78 is 0. The molecule has 68 valence electrons. The Labute approximate surface area is 74.9 Å². The van der Waals surface area contributed by atoms with Gasteiger partial charge in [-0.1, -0.05) is 19.1 Å². The van der Waals surface area contributed by atoms with Crippen molar-refractivity contribution in [1.82, 2.24) is 0 Å². The summed E-state index contributed by atoms with van der Waals surface area (Å²) in [7, 11) is 0. The fourth-order valence-electron chi connectivity index (χ4n) is 2.13.